The van der Waals surface area contributed by atoms with Crippen molar-refractivity contribution in [1.29, 1.82) is 0 Å². The summed E-state index contributed by atoms with van der Waals surface area (Å²) in [5, 5.41) is 0. The molecule has 0 radical (unpaired) electrons. The number of benzene rings is 1. The van der Waals surface area contributed by atoms with E-state index in [9.17, 15) is 9.59 Å². The van der Waals surface area contributed by atoms with E-state index in [1.807, 2.05) is 28.9 Å². The lowest BCUT2D eigenvalue weighted by molar-refractivity contribution is -0.137. The molecule has 2 heterocycles. The molecule has 2 saturated heterocycles. The number of rotatable bonds is 6. The molecule has 5 nitrogen and oxygen atoms in total. The van der Waals surface area contributed by atoms with Crippen molar-refractivity contribution in [2.75, 3.05) is 39.4 Å². The molecule has 0 saturated carbocycles. The van der Waals surface area contributed by atoms with Crippen LogP contribution in [-0.2, 0) is 16.0 Å². The van der Waals surface area contributed by atoms with Gasteiger partial charge < -0.3 is 14.5 Å². The summed E-state index contributed by atoms with van der Waals surface area (Å²) < 4.78 is 5.22. The first-order chi connectivity index (χ1) is 12.7. The molecule has 0 bridgehead atoms. The van der Waals surface area contributed by atoms with Gasteiger partial charge in [0.2, 0.25) is 5.91 Å². The first-order valence-corrected chi connectivity index (χ1v) is 9.91. The van der Waals surface area contributed by atoms with Crippen molar-refractivity contribution in [3.63, 3.8) is 0 Å². The fraction of sp³-hybridized carbons (Fsp3) is 0.619. The molecule has 0 aliphatic carbocycles. The summed E-state index contributed by atoms with van der Waals surface area (Å²) in [6.45, 7) is 6.11. The molecular weight excluding hydrogens is 328 g/mol. The Balaban J connectivity index is 1.46. The Morgan fingerprint density at radius 3 is 2.27 bits per heavy atom. The van der Waals surface area contributed by atoms with Crippen molar-refractivity contribution in [2.45, 2.75) is 39.0 Å². The lowest BCUT2D eigenvalue weighted by Crippen LogP contribution is -2.40. The Bertz CT molecular complexity index is 600. The van der Waals surface area contributed by atoms with Crippen LogP contribution >= 0.6 is 0 Å². The van der Waals surface area contributed by atoms with Gasteiger partial charge in [0.25, 0.3) is 5.91 Å². The molecule has 3 rings (SSSR count). The molecule has 2 aliphatic heterocycles. The molecule has 5 heteroatoms. The highest BCUT2D eigenvalue weighted by atomic mass is 16.5. The lowest BCUT2D eigenvalue weighted by atomic mass is 9.90. The minimum atomic E-state index is 0.107. The molecule has 0 N–H and O–H groups in total. The molecule has 2 aliphatic rings. The first-order valence-electron chi connectivity index (χ1n) is 9.91. The van der Waals surface area contributed by atoms with Crippen LogP contribution in [0.1, 0.15) is 48.5 Å². The molecule has 26 heavy (non-hydrogen) atoms. The summed E-state index contributed by atoms with van der Waals surface area (Å²) in [6.07, 6.45) is 5.33. The molecular formula is C21H30N2O3. The molecule has 0 aromatic heterocycles. The summed E-state index contributed by atoms with van der Waals surface area (Å²) in [5.41, 5.74) is 2.08. The second-order valence-electron chi connectivity index (χ2n) is 7.36. The van der Waals surface area contributed by atoms with Gasteiger partial charge in [-0.05, 0) is 62.6 Å². The fourth-order valence-corrected chi connectivity index (χ4v) is 3.89. The second kappa shape index (κ2) is 9.17. The predicted octanol–water partition coefficient (Wildman–Crippen LogP) is 2.74. The number of carbonyl (C=O) groups excluding carboxylic acids is 2. The molecule has 2 fully saturated rings. The van der Waals surface area contributed by atoms with Gasteiger partial charge in [-0.3, -0.25) is 9.59 Å². The van der Waals surface area contributed by atoms with Crippen LogP contribution in [-0.4, -0.2) is 61.0 Å². The summed E-state index contributed by atoms with van der Waals surface area (Å²) in [6, 6.07) is 8.12. The van der Waals surface area contributed by atoms with Gasteiger partial charge in [0.1, 0.15) is 6.61 Å². The molecule has 0 atom stereocenters. The Hall–Kier alpha value is -1.88. The van der Waals surface area contributed by atoms with Crippen LogP contribution in [0.3, 0.4) is 0 Å². The summed E-state index contributed by atoms with van der Waals surface area (Å²) in [5.74, 6) is 0.872. The van der Waals surface area contributed by atoms with E-state index in [2.05, 4.69) is 12.1 Å². The normalized spacial score (nSPS) is 18.3. The quantitative estimate of drug-likeness (QED) is 0.786. The number of hydrogen-bond acceptors (Lipinski definition) is 3. The highest BCUT2D eigenvalue weighted by Crippen LogP contribution is 2.22. The zero-order valence-electron chi connectivity index (χ0n) is 15.8. The third-order valence-electron chi connectivity index (χ3n) is 5.52. The van der Waals surface area contributed by atoms with E-state index in [1.165, 1.54) is 5.56 Å². The number of likely N-dealkylation sites (tertiary alicyclic amines) is 2. The minimum absolute atomic E-state index is 0.107. The van der Waals surface area contributed by atoms with Crippen LogP contribution in [0.2, 0.25) is 0 Å². The Morgan fingerprint density at radius 2 is 1.65 bits per heavy atom. The maximum absolute atomic E-state index is 12.4. The van der Waals surface area contributed by atoms with Gasteiger partial charge in [0.15, 0.2) is 0 Å². The predicted molar refractivity (Wildman–Crippen MR) is 101 cm³/mol. The number of carbonyl (C=O) groups is 2. The molecule has 1 aromatic carbocycles. The smallest absolute Gasteiger partial charge is 0.253 e. The van der Waals surface area contributed by atoms with Gasteiger partial charge >= 0.3 is 0 Å². The van der Waals surface area contributed by atoms with Crippen molar-refractivity contribution in [2.24, 2.45) is 5.92 Å². The van der Waals surface area contributed by atoms with Crippen molar-refractivity contribution in [1.82, 2.24) is 9.80 Å². The Morgan fingerprint density at radius 1 is 1.00 bits per heavy atom. The second-order valence-corrected chi connectivity index (χ2v) is 7.36. The number of ether oxygens (including phenoxy) is 1. The van der Waals surface area contributed by atoms with Crippen molar-refractivity contribution in [3.05, 3.63) is 35.4 Å². The average molecular weight is 358 g/mol. The SMILES string of the molecule is CCOCC(=O)N1CCC(Cc2ccc(C(=O)N3CCCC3)cc2)CC1. The van der Waals surface area contributed by atoms with Gasteiger partial charge in [-0.2, -0.15) is 0 Å². The van der Waals surface area contributed by atoms with Gasteiger partial charge in [0.05, 0.1) is 0 Å². The summed E-state index contributed by atoms with van der Waals surface area (Å²) >= 11 is 0. The van der Waals surface area contributed by atoms with E-state index in [4.69, 9.17) is 4.74 Å². The van der Waals surface area contributed by atoms with Crippen LogP contribution < -0.4 is 0 Å². The van der Waals surface area contributed by atoms with E-state index in [0.29, 0.717) is 12.5 Å². The maximum Gasteiger partial charge on any atom is 0.253 e. The Labute approximate surface area is 156 Å². The zero-order valence-corrected chi connectivity index (χ0v) is 15.8. The number of amides is 2. The maximum atomic E-state index is 12.4. The fourth-order valence-electron chi connectivity index (χ4n) is 3.89. The van der Waals surface area contributed by atoms with Gasteiger partial charge in [-0.15, -0.1) is 0 Å². The summed E-state index contributed by atoms with van der Waals surface area (Å²) in [7, 11) is 0. The molecule has 142 valence electrons. The third-order valence-corrected chi connectivity index (χ3v) is 5.52. The van der Waals surface area contributed by atoms with E-state index >= 15 is 0 Å². The zero-order chi connectivity index (χ0) is 18.4. The van der Waals surface area contributed by atoms with Crippen LogP contribution in [0, 0.1) is 5.92 Å². The minimum Gasteiger partial charge on any atom is -0.372 e. The van der Waals surface area contributed by atoms with E-state index in [-0.39, 0.29) is 18.4 Å². The van der Waals surface area contributed by atoms with Gasteiger partial charge in [-0.25, -0.2) is 0 Å². The van der Waals surface area contributed by atoms with Crippen LogP contribution in [0.5, 0.6) is 0 Å². The molecule has 0 spiro atoms. The Kier molecular flexibility index (Phi) is 6.67. The van der Waals surface area contributed by atoms with Crippen LogP contribution in [0.4, 0.5) is 0 Å². The average Bonchev–Trinajstić information content (AvgIpc) is 3.21. The van der Waals surface area contributed by atoms with Crippen molar-refractivity contribution in [3.8, 4) is 0 Å². The van der Waals surface area contributed by atoms with Gasteiger partial charge in [0, 0.05) is 38.3 Å². The number of piperidine rings is 1. The van der Waals surface area contributed by atoms with Crippen molar-refractivity contribution >= 4 is 11.8 Å². The highest BCUT2D eigenvalue weighted by Gasteiger charge is 2.23. The van der Waals surface area contributed by atoms with Crippen LogP contribution in [0.15, 0.2) is 24.3 Å². The first kappa shape index (κ1) is 18.9. The van der Waals surface area contributed by atoms with Crippen molar-refractivity contribution < 1.29 is 14.3 Å². The van der Waals surface area contributed by atoms with Crippen LogP contribution in [0.25, 0.3) is 0 Å². The monoisotopic (exact) mass is 358 g/mol. The van der Waals surface area contributed by atoms with E-state index < -0.39 is 0 Å². The van der Waals surface area contributed by atoms with Gasteiger partial charge in [-0.1, -0.05) is 12.1 Å². The number of hydrogen-bond donors (Lipinski definition) is 0. The van der Waals surface area contributed by atoms with E-state index in [1.54, 1.807) is 0 Å². The topological polar surface area (TPSA) is 49.9 Å². The van der Waals surface area contributed by atoms with E-state index in [0.717, 1.165) is 63.8 Å². The standard InChI is InChI=1S/C21H30N2O3/c1-2-26-16-20(24)22-13-9-18(10-14-22)15-17-5-7-19(8-6-17)21(25)23-11-3-4-12-23/h5-8,18H,2-4,9-16H2,1H3. The molecule has 2 amide bonds. The molecule has 1 aromatic rings. The largest absolute Gasteiger partial charge is 0.372 e. The third kappa shape index (κ3) is 4.85. The summed E-state index contributed by atoms with van der Waals surface area (Å²) in [4.78, 5) is 28.3. The lowest BCUT2D eigenvalue weighted by Gasteiger charge is -2.32. The molecule has 0 unspecified atom stereocenters. The highest BCUT2D eigenvalue weighted by molar-refractivity contribution is 5.94. The number of nitrogens with zero attached hydrogens (tertiary/aromatic N) is 2.